The zero-order chi connectivity index (χ0) is 15.9. The Labute approximate surface area is 129 Å². The lowest BCUT2D eigenvalue weighted by molar-refractivity contribution is -0.113. The first-order valence-corrected chi connectivity index (χ1v) is 8.88. The molecule has 0 aromatic heterocycles. The lowest BCUT2D eigenvalue weighted by atomic mass is 10.2. The number of benzene rings is 1. The van der Waals surface area contributed by atoms with E-state index in [2.05, 4.69) is 5.32 Å². The van der Waals surface area contributed by atoms with Gasteiger partial charge in [0.15, 0.2) is 0 Å². The molecule has 0 bridgehead atoms. The number of nitrogens with one attached hydrogen (secondary N) is 1. The molecule has 0 spiro atoms. The van der Waals surface area contributed by atoms with Gasteiger partial charge in [-0.25, -0.2) is 0 Å². The van der Waals surface area contributed by atoms with Crippen molar-refractivity contribution in [3.05, 3.63) is 23.8 Å². The van der Waals surface area contributed by atoms with Crippen LogP contribution in [0.3, 0.4) is 0 Å². The SMILES string of the molecule is COCCCSCC(=O)Nc1ccc(C)c(S(=O)(=O)O)c1. The molecule has 0 fully saturated rings. The summed E-state index contributed by atoms with van der Waals surface area (Å²) in [5, 5.41) is 2.61. The maximum atomic E-state index is 11.7. The van der Waals surface area contributed by atoms with Gasteiger partial charge >= 0.3 is 0 Å². The maximum absolute atomic E-state index is 11.7. The summed E-state index contributed by atoms with van der Waals surface area (Å²) in [5.74, 6) is 0.868. The van der Waals surface area contributed by atoms with Crippen LogP contribution in [0.5, 0.6) is 0 Å². The van der Waals surface area contributed by atoms with Gasteiger partial charge in [-0.05, 0) is 36.8 Å². The summed E-state index contributed by atoms with van der Waals surface area (Å²) < 4.78 is 36.4. The first kappa shape index (κ1) is 18.0. The minimum atomic E-state index is -4.29. The monoisotopic (exact) mass is 333 g/mol. The van der Waals surface area contributed by atoms with E-state index in [9.17, 15) is 13.2 Å². The Hall–Kier alpha value is -1.09. The number of carbonyl (C=O) groups is 1. The van der Waals surface area contributed by atoms with Crippen LogP contribution in [0.2, 0.25) is 0 Å². The fraction of sp³-hybridized carbons (Fsp3) is 0.462. The number of carbonyl (C=O) groups excluding carboxylic acids is 1. The molecule has 1 rings (SSSR count). The fourth-order valence-corrected chi connectivity index (χ4v) is 3.10. The number of hydrogen-bond acceptors (Lipinski definition) is 5. The van der Waals surface area contributed by atoms with E-state index in [0.29, 0.717) is 17.9 Å². The van der Waals surface area contributed by atoms with Crippen molar-refractivity contribution >= 4 is 33.5 Å². The summed E-state index contributed by atoms with van der Waals surface area (Å²) in [6.07, 6.45) is 0.867. The Morgan fingerprint density at radius 2 is 2.14 bits per heavy atom. The first-order chi connectivity index (χ1) is 9.84. The standard InChI is InChI=1S/C13H19NO5S2/c1-10-4-5-11(8-12(10)21(16,17)18)14-13(15)9-20-7-3-6-19-2/h4-5,8H,3,6-7,9H2,1-2H3,(H,14,15)(H,16,17,18). The van der Waals surface area contributed by atoms with Crippen LogP contribution >= 0.6 is 11.8 Å². The third-order valence-electron chi connectivity index (χ3n) is 2.62. The van der Waals surface area contributed by atoms with Crippen LogP contribution < -0.4 is 5.32 Å². The zero-order valence-corrected chi connectivity index (χ0v) is 13.6. The van der Waals surface area contributed by atoms with Crippen LogP contribution in [0.1, 0.15) is 12.0 Å². The van der Waals surface area contributed by atoms with Crippen molar-refractivity contribution in [1.29, 1.82) is 0 Å². The smallest absolute Gasteiger partial charge is 0.294 e. The molecule has 1 amide bonds. The highest BCUT2D eigenvalue weighted by molar-refractivity contribution is 7.99. The summed E-state index contributed by atoms with van der Waals surface area (Å²) in [4.78, 5) is 11.5. The predicted molar refractivity (Wildman–Crippen MR) is 83.4 cm³/mol. The number of hydrogen-bond donors (Lipinski definition) is 2. The van der Waals surface area contributed by atoms with Crippen molar-refractivity contribution in [1.82, 2.24) is 0 Å². The van der Waals surface area contributed by atoms with Gasteiger partial charge in [0.25, 0.3) is 10.1 Å². The van der Waals surface area contributed by atoms with Crippen LogP contribution in [-0.2, 0) is 19.6 Å². The molecule has 1 aromatic carbocycles. The van der Waals surface area contributed by atoms with Crippen molar-refractivity contribution in [3.8, 4) is 0 Å². The van der Waals surface area contributed by atoms with E-state index < -0.39 is 10.1 Å². The van der Waals surface area contributed by atoms with Gasteiger partial charge in [-0.2, -0.15) is 20.2 Å². The maximum Gasteiger partial charge on any atom is 0.294 e. The zero-order valence-electron chi connectivity index (χ0n) is 12.0. The Morgan fingerprint density at radius 1 is 1.43 bits per heavy atom. The molecule has 118 valence electrons. The molecule has 1 aromatic rings. The Kier molecular flexibility index (Phi) is 7.16. The van der Waals surface area contributed by atoms with Crippen molar-refractivity contribution < 1.29 is 22.5 Å². The fourth-order valence-electron chi connectivity index (χ4n) is 1.62. The quantitative estimate of drug-likeness (QED) is 0.558. The highest BCUT2D eigenvalue weighted by Gasteiger charge is 2.14. The van der Waals surface area contributed by atoms with Crippen LogP contribution in [0, 0.1) is 6.92 Å². The number of anilines is 1. The lowest BCUT2D eigenvalue weighted by Gasteiger charge is -2.08. The van der Waals surface area contributed by atoms with Gasteiger partial charge in [0.05, 0.1) is 10.6 Å². The molecular weight excluding hydrogens is 314 g/mol. The molecule has 0 aliphatic rings. The normalized spacial score (nSPS) is 11.4. The first-order valence-electron chi connectivity index (χ1n) is 6.29. The number of methoxy groups -OCH3 is 1. The molecular formula is C13H19NO5S2. The highest BCUT2D eigenvalue weighted by Crippen LogP contribution is 2.20. The number of amides is 1. The second-order valence-corrected chi connectivity index (χ2v) is 6.90. The predicted octanol–water partition coefficient (Wildman–Crippen LogP) is 1.95. The highest BCUT2D eigenvalue weighted by atomic mass is 32.2. The van der Waals surface area contributed by atoms with E-state index in [1.165, 1.54) is 23.9 Å². The van der Waals surface area contributed by atoms with E-state index in [1.807, 2.05) is 0 Å². The number of rotatable bonds is 8. The summed E-state index contributed by atoms with van der Waals surface area (Å²) in [5.41, 5.74) is 0.764. The molecule has 0 radical (unpaired) electrons. The molecule has 2 N–H and O–H groups in total. The number of ether oxygens (including phenoxy) is 1. The summed E-state index contributed by atoms with van der Waals surface area (Å²) >= 11 is 1.47. The molecule has 21 heavy (non-hydrogen) atoms. The van der Waals surface area contributed by atoms with Gasteiger partial charge < -0.3 is 10.1 Å². The summed E-state index contributed by atoms with van der Waals surface area (Å²) in [6.45, 7) is 2.23. The number of thioether (sulfide) groups is 1. The molecule has 6 nitrogen and oxygen atoms in total. The van der Waals surface area contributed by atoms with Crippen molar-refractivity contribution in [2.75, 3.05) is 30.5 Å². The van der Waals surface area contributed by atoms with Gasteiger partial charge in [0.2, 0.25) is 5.91 Å². The van der Waals surface area contributed by atoms with Gasteiger partial charge in [0.1, 0.15) is 0 Å². The molecule has 8 heteroatoms. The summed E-state index contributed by atoms with van der Waals surface area (Å²) in [7, 11) is -2.66. The number of aryl methyl sites for hydroxylation is 1. The van der Waals surface area contributed by atoms with Gasteiger partial charge in [-0.15, -0.1) is 0 Å². The Balaban J connectivity index is 2.57. The topological polar surface area (TPSA) is 92.7 Å². The third kappa shape index (κ3) is 6.47. The molecule has 0 aliphatic carbocycles. The van der Waals surface area contributed by atoms with E-state index in [1.54, 1.807) is 20.1 Å². The largest absolute Gasteiger partial charge is 0.385 e. The van der Waals surface area contributed by atoms with E-state index >= 15 is 0 Å². The van der Waals surface area contributed by atoms with Gasteiger partial charge in [-0.3, -0.25) is 9.35 Å². The van der Waals surface area contributed by atoms with E-state index in [4.69, 9.17) is 9.29 Å². The van der Waals surface area contributed by atoms with Crippen LogP contribution in [0.25, 0.3) is 0 Å². The van der Waals surface area contributed by atoms with Crippen LogP contribution in [-0.4, -0.2) is 44.1 Å². The lowest BCUT2D eigenvalue weighted by Crippen LogP contribution is -2.15. The van der Waals surface area contributed by atoms with E-state index in [0.717, 1.165) is 12.2 Å². The third-order valence-corrected chi connectivity index (χ3v) is 4.66. The van der Waals surface area contributed by atoms with Crippen molar-refractivity contribution in [2.45, 2.75) is 18.2 Å². The minimum absolute atomic E-state index is 0.201. The Morgan fingerprint density at radius 3 is 2.76 bits per heavy atom. The van der Waals surface area contributed by atoms with Crippen LogP contribution in [0.4, 0.5) is 5.69 Å². The second-order valence-electron chi connectivity index (χ2n) is 4.40. The van der Waals surface area contributed by atoms with Crippen LogP contribution in [0.15, 0.2) is 23.1 Å². The molecule has 0 saturated carbocycles. The average molecular weight is 333 g/mol. The molecule has 0 atom stereocenters. The minimum Gasteiger partial charge on any atom is -0.385 e. The second kappa shape index (κ2) is 8.38. The molecule has 0 unspecified atom stereocenters. The molecule has 0 aliphatic heterocycles. The van der Waals surface area contributed by atoms with Gasteiger partial charge in [0, 0.05) is 19.4 Å². The van der Waals surface area contributed by atoms with Crippen molar-refractivity contribution in [3.63, 3.8) is 0 Å². The molecule has 0 saturated heterocycles. The Bertz CT molecular complexity index is 586. The molecule has 0 heterocycles. The van der Waals surface area contributed by atoms with Gasteiger partial charge in [-0.1, -0.05) is 6.07 Å². The van der Waals surface area contributed by atoms with Crippen molar-refractivity contribution in [2.24, 2.45) is 0 Å². The summed E-state index contributed by atoms with van der Waals surface area (Å²) in [6, 6.07) is 4.38. The average Bonchev–Trinajstić information content (AvgIpc) is 2.39. The van der Waals surface area contributed by atoms with E-state index in [-0.39, 0.29) is 16.6 Å².